The minimum absolute atomic E-state index is 0.469. The maximum Gasteiger partial charge on any atom is 0.168 e. The van der Waals surface area contributed by atoms with E-state index in [1.807, 2.05) is 0 Å². The maximum absolute atomic E-state index is 6.27. The number of nitrogens with one attached hydrogen (secondary N) is 2. The van der Waals surface area contributed by atoms with Crippen molar-refractivity contribution in [3.05, 3.63) is 71.0 Å². The lowest BCUT2D eigenvalue weighted by molar-refractivity contribution is -0.167. The fourth-order valence-electron chi connectivity index (χ4n) is 7.20. The lowest BCUT2D eigenvalue weighted by atomic mass is 9.92. The van der Waals surface area contributed by atoms with E-state index in [0.717, 1.165) is 75.5 Å². The van der Waals surface area contributed by atoms with Gasteiger partial charge >= 0.3 is 0 Å². The van der Waals surface area contributed by atoms with Gasteiger partial charge in [0.15, 0.2) is 5.79 Å². The number of aryl methyl sites for hydroxylation is 2. The van der Waals surface area contributed by atoms with Crippen LogP contribution < -0.4 is 10.6 Å². The number of anilines is 2. The molecular weight excluding hydrogens is 508 g/mol. The maximum atomic E-state index is 6.27. The quantitative estimate of drug-likeness (QED) is 0.201. The Hall–Kier alpha value is -3.22. The van der Waals surface area contributed by atoms with Crippen LogP contribution in [0, 0.1) is 0 Å². The molecule has 0 spiro atoms. The molecule has 2 aromatic heterocycles. The Morgan fingerprint density at radius 2 is 1.07 bits per heavy atom. The highest BCUT2D eigenvalue weighted by Crippen LogP contribution is 2.36. The molecule has 3 aliphatic rings. The van der Waals surface area contributed by atoms with Crippen LogP contribution in [0.5, 0.6) is 0 Å². The van der Waals surface area contributed by atoms with Crippen LogP contribution >= 0.6 is 0 Å². The molecule has 41 heavy (non-hydrogen) atoms. The van der Waals surface area contributed by atoms with E-state index < -0.39 is 5.79 Å². The number of ether oxygens (including phenoxy) is 2. The molecule has 1 fully saturated rings. The molecule has 2 aliphatic carbocycles. The Labute approximate surface area is 243 Å². The minimum atomic E-state index is -0.469. The molecule has 2 N–H and O–H groups in total. The molecule has 0 bridgehead atoms. The van der Waals surface area contributed by atoms with Gasteiger partial charge < -0.3 is 20.1 Å². The van der Waals surface area contributed by atoms with Crippen LogP contribution in [0.4, 0.5) is 11.4 Å². The summed E-state index contributed by atoms with van der Waals surface area (Å²) in [6.07, 6.45) is 13.2. The van der Waals surface area contributed by atoms with Gasteiger partial charge in [-0.1, -0.05) is 36.4 Å². The molecule has 214 valence electrons. The van der Waals surface area contributed by atoms with Crippen LogP contribution in [-0.4, -0.2) is 42.1 Å². The Morgan fingerprint density at radius 1 is 0.610 bits per heavy atom. The molecule has 4 aromatic rings. The lowest BCUT2D eigenvalue weighted by Gasteiger charge is -2.28. The number of nitrogens with zero attached hydrogens (tertiary/aromatic N) is 2. The molecule has 0 saturated carbocycles. The van der Waals surface area contributed by atoms with Crippen LogP contribution in [0.3, 0.4) is 0 Å². The van der Waals surface area contributed by atoms with Crippen molar-refractivity contribution in [3.63, 3.8) is 0 Å². The molecule has 0 radical (unpaired) electrons. The lowest BCUT2D eigenvalue weighted by Crippen LogP contribution is -2.31. The van der Waals surface area contributed by atoms with Crippen LogP contribution in [-0.2, 0) is 35.2 Å². The molecule has 1 aliphatic heterocycles. The van der Waals surface area contributed by atoms with Gasteiger partial charge in [0, 0.05) is 59.5 Å². The van der Waals surface area contributed by atoms with Crippen molar-refractivity contribution in [2.75, 3.05) is 36.9 Å². The van der Waals surface area contributed by atoms with Gasteiger partial charge in [0.05, 0.1) is 24.2 Å². The van der Waals surface area contributed by atoms with E-state index >= 15 is 0 Å². The first-order valence-corrected chi connectivity index (χ1v) is 15.9. The summed E-state index contributed by atoms with van der Waals surface area (Å²) in [5.41, 5.74) is 10.2. The summed E-state index contributed by atoms with van der Waals surface area (Å²) in [7, 11) is 0. The Bertz CT molecular complexity index is 1420. The average molecular weight is 551 g/mol. The summed E-state index contributed by atoms with van der Waals surface area (Å²) in [4.78, 5) is 9.99. The number of hydrogen-bond acceptors (Lipinski definition) is 6. The third-order valence-electron chi connectivity index (χ3n) is 9.22. The molecular formula is C35H42N4O2. The highest BCUT2D eigenvalue weighted by Gasteiger charge is 2.35. The fraction of sp³-hybridized carbons (Fsp3) is 0.486. The largest absolute Gasteiger partial charge is 0.384 e. The highest BCUT2D eigenvalue weighted by atomic mass is 16.7. The summed E-state index contributed by atoms with van der Waals surface area (Å²) in [6.45, 7) is 3.18. The Morgan fingerprint density at radius 3 is 1.59 bits per heavy atom. The van der Waals surface area contributed by atoms with Crippen LogP contribution in [0.15, 0.2) is 48.5 Å². The van der Waals surface area contributed by atoms with Crippen molar-refractivity contribution >= 4 is 33.2 Å². The summed E-state index contributed by atoms with van der Waals surface area (Å²) in [6, 6.07) is 17.1. The van der Waals surface area contributed by atoms with Crippen molar-refractivity contribution in [2.24, 2.45) is 0 Å². The molecule has 6 nitrogen and oxygen atoms in total. The first-order valence-electron chi connectivity index (χ1n) is 15.9. The second kappa shape index (κ2) is 11.9. The van der Waals surface area contributed by atoms with Crippen LogP contribution in [0.1, 0.15) is 73.9 Å². The van der Waals surface area contributed by atoms with Gasteiger partial charge in [-0.05, 0) is 87.5 Å². The number of fused-ring (bicyclic) bond motifs is 4. The number of hydrogen-bond donors (Lipinski definition) is 2. The van der Waals surface area contributed by atoms with Gasteiger partial charge in [0.1, 0.15) is 0 Å². The molecule has 3 heterocycles. The van der Waals surface area contributed by atoms with E-state index in [4.69, 9.17) is 19.4 Å². The van der Waals surface area contributed by atoms with Gasteiger partial charge in [-0.15, -0.1) is 0 Å². The first kappa shape index (κ1) is 26.7. The Kier molecular flexibility index (Phi) is 7.77. The van der Waals surface area contributed by atoms with E-state index in [-0.39, 0.29) is 0 Å². The van der Waals surface area contributed by atoms with E-state index in [0.29, 0.717) is 13.2 Å². The van der Waals surface area contributed by atoms with E-state index in [1.165, 1.54) is 70.3 Å². The van der Waals surface area contributed by atoms with Gasteiger partial charge in [0.2, 0.25) is 0 Å². The number of benzene rings is 2. The zero-order chi connectivity index (χ0) is 27.5. The number of pyridine rings is 2. The predicted octanol–water partition coefficient (Wildman–Crippen LogP) is 7.37. The predicted molar refractivity (Wildman–Crippen MR) is 167 cm³/mol. The summed E-state index contributed by atoms with van der Waals surface area (Å²) < 4.78 is 12.5. The van der Waals surface area contributed by atoms with Gasteiger partial charge in [-0.2, -0.15) is 0 Å². The molecule has 1 saturated heterocycles. The normalized spacial score (nSPS) is 17.9. The molecule has 2 aromatic carbocycles. The minimum Gasteiger partial charge on any atom is -0.384 e. The van der Waals surface area contributed by atoms with Gasteiger partial charge in [0.25, 0.3) is 0 Å². The standard InChI is InChI=1S/C35H42N4O2/c1-5-15-29-25(11-1)33(26-12-2-6-16-30(26)38-29)36-21-9-19-35(40-23-24-41-35)20-10-22-37-34-27-13-3-7-17-31(27)39-32-18-8-4-14-28(32)34/h1,3,5,7,11,13,15,17H,2,4,6,8-10,12,14,16,18-24H2,(H,36,38)(H,37,39). The highest BCUT2D eigenvalue weighted by molar-refractivity contribution is 5.94. The molecule has 0 atom stereocenters. The van der Waals surface area contributed by atoms with Crippen molar-refractivity contribution in [1.82, 2.24) is 9.97 Å². The molecule has 7 rings (SSSR count). The van der Waals surface area contributed by atoms with E-state index in [1.54, 1.807) is 0 Å². The number of para-hydroxylation sites is 2. The van der Waals surface area contributed by atoms with Gasteiger partial charge in [-0.25, -0.2) is 0 Å². The third-order valence-corrected chi connectivity index (χ3v) is 9.22. The number of aromatic nitrogens is 2. The van der Waals surface area contributed by atoms with Crippen molar-refractivity contribution in [2.45, 2.75) is 82.8 Å². The summed E-state index contributed by atoms with van der Waals surface area (Å²) in [5, 5.41) is 10.1. The third kappa shape index (κ3) is 5.52. The van der Waals surface area contributed by atoms with Crippen molar-refractivity contribution in [1.29, 1.82) is 0 Å². The monoisotopic (exact) mass is 550 g/mol. The molecule has 6 heteroatoms. The fourth-order valence-corrected chi connectivity index (χ4v) is 7.20. The second-order valence-electron chi connectivity index (χ2n) is 11.9. The van der Waals surface area contributed by atoms with Gasteiger partial charge in [-0.3, -0.25) is 9.97 Å². The zero-order valence-corrected chi connectivity index (χ0v) is 24.1. The Balaban J connectivity index is 0.984. The van der Waals surface area contributed by atoms with Crippen LogP contribution in [0.2, 0.25) is 0 Å². The van der Waals surface area contributed by atoms with Crippen LogP contribution in [0.25, 0.3) is 21.8 Å². The second-order valence-corrected chi connectivity index (χ2v) is 11.9. The first-order chi connectivity index (χ1) is 20.3. The zero-order valence-electron chi connectivity index (χ0n) is 24.1. The molecule has 0 amide bonds. The van der Waals surface area contributed by atoms with E-state index in [9.17, 15) is 0 Å². The topological polar surface area (TPSA) is 68.3 Å². The number of rotatable bonds is 10. The SMILES string of the molecule is c1ccc2c(NCCCC3(CCCNc4c5c(nc6ccccc46)CCCC5)OCCO3)c3c(nc2c1)CCCC3. The van der Waals surface area contributed by atoms with Crippen molar-refractivity contribution in [3.8, 4) is 0 Å². The summed E-state index contributed by atoms with van der Waals surface area (Å²) >= 11 is 0. The van der Waals surface area contributed by atoms with E-state index in [2.05, 4.69) is 59.2 Å². The summed E-state index contributed by atoms with van der Waals surface area (Å²) in [5.74, 6) is -0.469. The average Bonchev–Trinajstić information content (AvgIpc) is 3.49. The molecule has 0 unspecified atom stereocenters. The van der Waals surface area contributed by atoms with Crippen molar-refractivity contribution < 1.29 is 9.47 Å². The smallest absolute Gasteiger partial charge is 0.168 e.